The number of nitrogens with zero attached hydrogens (tertiary/aromatic N) is 1. The summed E-state index contributed by atoms with van der Waals surface area (Å²) < 4.78 is 21.8. The Balaban J connectivity index is 2.26. The number of hydrogen-bond acceptors (Lipinski definition) is 6. The summed E-state index contributed by atoms with van der Waals surface area (Å²) in [4.78, 5) is 12.3. The number of esters is 1. The van der Waals surface area contributed by atoms with Crippen LogP contribution < -0.4 is 18.9 Å². The molecule has 0 radical (unpaired) electrons. The zero-order valence-corrected chi connectivity index (χ0v) is 16.7. The van der Waals surface area contributed by atoms with Gasteiger partial charge in [0, 0.05) is 17.7 Å². The summed E-state index contributed by atoms with van der Waals surface area (Å²) in [6.45, 7) is 2.16. The van der Waals surface area contributed by atoms with Crippen LogP contribution in [0.2, 0.25) is 0 Å². The van der Waals surface area contributed by atoms with Crippen LogP contribution >= 0.6 is 15.9 Å². The van der Waals surface area contributed by atoms with E-state index < -0.39 is 5.97 Å². The first-order valence-corrected chi connectivity index (χ1v) is 8.80. The zero-order chi connectivity index (χ0) is 19.8. The Kier molecular flexibility index (Phi) is 7.26. The third-order valence-electron chi connectivity index (χ3n) is 3.48. The third kappa shape index (κ3) is 5.25. The Hall–Kier alpha value is -2.98. The minimum Gasteiger partial charge on any atom is -0.497 e. The van der Waals surface area contributed by atoms with E-state index >= 15 is 0 Å². The molecule has 2 aromatic rings. The quantitative estimate of drug-likeness (QED) is 0.368. The highest BCUT2D eigenvalue weighted by Crippen LogP contribution is 2.37. The number of carbonyl (C=O) groups excluding carboxylic acids is 1. The van der Waals surface area contributed by atoms with Crippen molar-refractivity contribution < 1.29 is 23.7 Å². The average Bonchev–Trinajstić information content (AvgIpc) is 2.68. The van der Waals surface area contributed by atoms with Gasteiger partial charge < -0.3 is 18.9 Å². The fourth-order valence-corrected chi connectivity index (χ4v) is 2.78. The van der Waals surface area contributed by atoms with E-state index in [9.17, 15) is 4.79 Å². The van der Waals surface area contributed by atoms with E-state index in [1.807, 2.05) is 6.07 Å². The molecule has 0 aliphatic carbocycles. The molecule has 0 saturated heterocycles. The van der Waals surface area contributed by atoms with Gasteiger partial charge in [-0.3, -0.25) is 0 Å². The van der Waals surface area contributed by atoms with Crippen LogP contribution in [0.5, 0.6) is 23.0 Å². The lowest BCUT2D eigenvalue weighted by molar-refractivity contribution is -0.129. The molecule has 0 amide bonds. The summed E-state index contributed by atoms with van der Waals surface area (Å²) in [6.07, 6.45) is 2.85. The second kappa shape index (κ2) is 9.64. The Morgan fingerprint density at radius 2 is 1.96 bits per heavy atom. The van der Waals surface area contributed by atoms with Crippen LogP contribution in [0.15, 0.2) is 40.9 Å². The van der Waals surface area contributed by atoms with E-state index in [0.29, 0.717) is 39.5 Å². The van der Waals surface area contributed by atoms with Crippen molar-refractivity contribution in [1.82, 2.24) is 0 Å². The van der Waals surface area contributed by atoms with Crippen molar-refractivity contribution in [3.05, 3.63) is 52.0 Å². The lowest BCUT2D eigenvalue weighted by Gasteiger charge is -2.12. The maximum absolute atomic E-state index is 12.3. The van der Waals surface area contributed by atoms with Crippen LogP contribution in [0.25, 0.3) is 6.08 Å². The molecule has 0 saturated carbocycles. The van der Waals surface area contributed by atoms with E-state index in [0.717, 1.165) is 0 Å². The summed E-state index contributed by atoms with van der Waals surface area (Å²) in [5, 5.41) is 9.06. The molecule has 140 valence electrons. The lowest BCUT2D eigenvalue weighted by atomic mass is 10.1. The highest BCUT2D eigenvalue weighted by Gasteiger charge is 2.15. The highest BCUT2D eigenvalue weighted by atomic mass is 79.9. The van der Waals surface area contributed by atoms with Crippen molar-refractivity contribution in [2.45, 2.75) is 6.92 Å². The van der Waals surface area contributed by atoms with Gasteiger partial charge in [0.1, 0.15) is 11.5 Å². The average molecular weight is 432 g/mol. The Morgan fingerprint density at radius 3 is 2.59 bits per heavy atom. The van der Waals surface area contributed by atoms with Crippen molar-refractivity contribution in [2.24, 2.45) is 0 Å². The van der Waals surface area contributed by atoms with Gasteiger partial charge in [-0.1, -0.05) is 0 Å². The van der Waals surface area contributed by atoms with Gasteiger partial charge in [0.2, 0.25) is 0 Å². The maximum atomic E-state index is 12.3. The second-order valence-corrected chi connectivity index (χ2v) is 6.05. The van der Waals surface area contributed by atoms with Gasteiger partial charge in [-0.15, -0.1) is 0 Å². The molecule has 0 aromatic heterocycles. The van der Waals surface area contributed by atoms with Gasteiger partial charge >= 0.3 is 5.97 Å². The molecule has 0 heterocycles. The summed E-state index contributed by atoms with van der Waals surface area (Å²) in [7, 11) is 3.10. The molecule has 27 heavy (non-hydrogen) atoms. The van der Waals surface area contributed by atoms with E-state index in [-0.39, 0.29) is 5.75 Å². The monoisotopic (exact) mass is 431 g/mol. The van der Waals surface area contributed by atoms with E-state index in [2.05, 4.69) is 15.9 Å². The summed E-state index contributed by atoms with van der Waals surface area (Å²) in [6, 6.07) is 10.3. The number of benzene rings is 2. The minimum atomic E-state index is -0.605. The molecular formula is C20H18BrNO5. The van der Waals surface area contributed by atoms with Crippen molar-refractivity contribution >= 4 is 28.0 Å². The molecule has 2 aromatic carbocycles. The van der Waals surface area contributed by atoms with Crippen LogP contribution in [-0.2, 0) is 4.79 Å². The first-order chi connectivity index (χ1) is 13.0. The molecular weight excluding hydrogens is 414 g/mol. The molecule has 0 fully saturated rings. The first-order valence-electron chi connectivity index (χ1n) is 8.00. The molecule has 0 atom stereocenters. The number of nitriles is 1. The topological polar surface area (TPSA) is 77.8 Å². The highest BCUT2D eigenvalue weighted by molar-refractivity contribution is 9.10. The van der Waals surface area contributed by atoms with Crippen LogP contribution in [0.4, 0.5) is 0 Å². The second-order valence-electron chi connectivity index (χ2n) is 5.19. The van der Waals surface area contributed by atoms with Crippen LogP contribution in [0.3, 0.4) is 0 Å². The normalized spacial score (nSPS) is 10.3. The molecule has 0 unspecified atom stereocenters. The number of carbonyl (C=O) groups is 1. The Labute approximate surface area is 166 Å². The van der Waals surface area contributed by atoms with Gasteiger partial charge in [-0.2, -0.15) is 5.26 Å². The van der Waals surface area contributed by atoms with Crippen molar-refractivity contribution in [3.8, 4) is 29.1 Å². The standard InChI is InChI=1S/C20H18BrNO5/c1-4-26-18-10-13(12-22)9-16(21)20(18)27-19(23)8-5-14-11-15(24-2)6-7-17(14)25-3/h5-11H,4H2,1-3H3/b8-5+. The van der Waals surface area contributed by atoms with Gasteiger partial charge in [0.05, 0.1) is 36.9 Å². The molecule has 6 nitrogen and oxygen atoms in total. The smallest absolute Gasteiger partial charge is 0.336 e. The lowest BCUT2D eigenvalue weighted by Crippen LogP contribution is -2.07. The molecule has 2 rings (SSSR count). The molecule has 0 N–H and O–H groups in total. The number of hydrogen-bond donors (Lipinski definition) is 0. The molecule has 0 aliphatic heterocycles. The fraction of sp³-hybridized carbons (Fsp3) is 0.200. The number of methoxy groups -OCH3 is 2. The number of halogens is 1. The molecule has 7 heteroatoms. The van der Waals surface area contributed by atoms with Crippen LogP contribution in [0.1, 0.15) is 18.1 Å². The third-order valence-corrected chi connectivity index (χ3v) is 4.07. The van der Waals surface area contributed by atoms with Gasteiger partial charge in [-0.05, 0) is 53.2 Å². The summed E-state index contributed by atoms with van der Waals surface area (Å²) >= 11 is 3.31. The van der Waals surface area contributed by atoms with Crippen molar-refractivity contribution in [1.29, 1.82) is 5.26 Å². The molecule has 0 spiro atoms. The first kappa shape index (κ1) is 20.3. The van der Waals surface area contributed by atoms with E-state index in [1.54, 1.807) is 51.5 Å². The van der Waals surface area contributed by atoms with E-state index in [1.165, 1.54) is 12.1 Å². The maximum Gasteiger partial charge on any atom is 0.336 e. The van der Waals surface area contributed by atoms with Crippen molar-refractivity contribution in [2.75, 3.05) is 20.8 Å². The number of ether oxygens (including phenoxy) is 4. The zero-order valence-electron chi connectivity index (χ0n) is 15.1. The molecule has 0 aliphatic rings. The number of rotatable bonds is 7. The van der Waals surface area contributed by atoms with Gasteiger partial charge in [-0.25, -0.2) is 4.79 Å². The van der Waals surface area contributed by atoms with Crippen LogP contribution in [-0.4, -0.2) is 26.8 Å². The van der Waals surface area contributed by atoms with E-state index in [4.69, 9.17) is 24.2 Å². The van der Waals surface area contributed by atoms with Crippen LogP contribution in [0, 0.1) is 11.3 Å². The van der Waals surface area contributed by atoms with Crippen molar-refractivity contribution in [3.63, 3.8) is 0 Å². The predicted octanol–water partition coefficient (Wildman–Crippen LogP) is 4.36. The predicted molar refractivity (Wildman–Crippen MR) is 104 cm³/mol. The fourth-order valence-electron chi connectivity index (χ4n) is 2.26. The summed E-state index contributed by atoms with van der Waals surface area (Å²) in [5.74, 6) is 1.14. The Bertz CT molecular complexity index is 902. The largest absolute Gasteiger partial charge is 0.497 e. The van der Waals surface area contributed by atoms with Gasteiger partial charge in [0.25, 0.3) is 0 Å². The molecule has 0 bridgehead atoms. The minimum absolute atomic E-state index is 0.211. The Morgan fingerprint density at radius 1 is 1.19 bits per heavy atom. The van der Waals surface area contributed by atoms with Gasteiger partial charge in [0.15, 0.2) is 11.5 Å². The SMILES string of the molecule is CCOc1cc(C#N)cc(Br)c1OC(=O)/C=C/c1cc(OC)ccc1OC. The summed E-state index contributed by atoms with van der Waals surface area (Å²) in [5.41, 5.74) is 1.06.